The van der Waals surface area contributed by atoms with Gasteiger partial charge in [0.1, 0.15) is 11.6 Å². The second-order valence-corrected chi connectivity index (χ2v) is 4.93. The quantitative estimate of drug-likeness (QED) is 0.919. The van der Waals surface area contributed by atoms with Crippen molar-refractivity contribution in [2.75, 3.05) is 16.8 Å². The first-order valence-electron chi connectivity index (χ1n) is 7.05. The molecule has 0 fully saturated rings. The normalized spacial score (nSPS) is 10.2. The number of hydrogen-bond acceptors (Lipinski definition) is 2. The third-order valence-corrected chi connectivity index (χ3v) is 3.21. The molecule has 0 saturated heterocycles. The van der Waals surface area contributed by atoms with E-state index in [1.165, 1.54) is 54.3 Å². The molecule has 0 unspecified atom stereocenters. The number of carbonyl (C=O) groups is 2. The molecular formula is C17H16F2N2O2. The second kappa shape index (κ2) is 7.49. The number of halogens is 2. The average Bonchev–Trinajstić information content (AvgIpc) is 2.51. The van der Waals surface area contributed by atoms with Gasteiger partial charge in [0.05, 0.1) is 5.69 Å². The minimum atomic E-state index is -0.526. The highest BCUT2D eigenvalue weighted by Gasteiger charge is 2.16. The number of benzene rings is 2. The average molecular weight is 318 g/mol. The van der Waals surface area contributed by atoms with Crippen LogP contribution in [0.5, 0.6) is 0 Å². The monoisotopic (exact) mass is 318 g/mol. The lowest BCUT2D eigenvalue weighted by Crippen LogP contribution is -2.32. The van der Waals surface area contributed by atoms with Crippen molar-refractivity contribution >= 4 is 23.2 Å². The second-order valence-electron chi connectivity index (χ2n) is 4.93. The van der Waals surface area contributed by atoms with Gasteiger partial charge in [-0.1, -0.05) is 12.1 Å². The molecule has 0 aliphatic carbocycles. The van der Waals surface area contributed by atoms with E-state index in [-0.39, 0.29) is 30.5 Å². The lowest BCUT2D eigenvalue weighted by atomic mass is 10.2. The molecule has 0 aromatic heterocycles. The molecule has 6 heteroatoms. The van der Waals surface area contributed by atoms with Crippen LogP contribution in [0.3, 0.4) is 0 Å². The van der Waals surface area contributed by atoms with Crippen LogP contribution < -0.4 is 10.2 Å². The highest BCUT2D eigenvalue weighted by molar-refractivity contribution is 5.94. The van der Waals surface area contributed by atoms with E-state index >= 15 is 0 Å². The third-order valence-electron chi connectivity index (χ3n) is 3.21. The molecular weight excluding hydrogens is 302 g/mol. The molecule has 0 atom stereocenters. The summed E-state index contributed by atoms with van der Waals surface area (Å²) < 4.78 is 26.6. The maximum atomic E-state index is 13.8. The van der Waals surface area contributed by atoms with E-state index in [0.717, 1.165) is 0 Å². The van der Waals surface area contributed by atoms with E-state index in [9.17, 15) is 18.4 Å². The molecule has 2 rings (SSSR count). The van der Waals surface area contributed by atoms with Gasteiger partial charge in [0.2, 0.25) is 11.8 Å². The molecule has 1 N–H and O–H groups in total. The Labute approximate surface area is 132 Å². The van der Waals surface area contributed by atoms with E-state index < -0.39 is 11.6 Å². The summed E-state index contributed by atoms with van der Waals surface area (Å²) in [5.74, 6) is -1.63. The predicted molar refractivity (Wildman–Crippen MR) is 84.1 cm³/mol. The molecule has 0 bridgehead atoms. The Morgan fingerprint density at radius 1 is 1.04 bits per heavy atom. The van der Waals surface area contributed by atoms with Crippen LogP contribution >= 0.6 is 0 Å². The molecule has 120 valence electrons. The van der Waals surface area contributed by atoms with Gasteiger partial charge in [-0.25, -0.2) is 8.78 Å². The van der Waals surface area contributed by atoms with E-state index in [1.807, 2.05) is 0 Å². The molecule has 4 nitrogen and oxygen atoms in total. The largest absolute Gasteiger partial charge is 0.326 e. The maximum absolute atomic E-state index is 13.8. The molecule has 23 heavy (non-hydrogen) atoms. The standard InChI is InChI=1S/C17H16F2N2O2/c1-12(22)21(16-5-3-2-4-15(16)19)11-10-17(23)20-14-8-6-13(18)7-9-14/h2-9H,10-11H2,1H3,(H,20,23). The minimum Gasteiger partial charge on any atom is -0.326 e. The van der Waals surface area contributed by atoms with Gasteiger partial charge in [0.25, 0.3) is 0 Å². The number of amides is 2. The Bertz CT molecular complexity index is 702. The van der Waals surface area contributed by atoms with Crippen LogP contribution in [-0.2, 0) is 9.59 Å². The first-order valence-corrected chi connectivity index (χ1v) is 7.05. The summed E-state index contributed by atoms with van der Waals surface area (Å²) in [5, 5.41) is 2.59. The van der Waals surface area contributed by atoms with Gasteiger partial charge in [-0.05, 0) is 36.4 Å². The van der Waals surface area contributed by atoms with E-state index in [0.29, 0.717) is 5.69 Å². The van der Waals surface area contributed by atoms with Gasteiger partial charge in [0.15, 0.2) is 0 Å². The number of anilines is 2. The first-order chi connectivity index (χ1) is 11.0. The zero-order valence-corrected chi connectivity index (χ0v) is 12.6. The summed E-state index contributed by atoms with van der Waals surface area (Å²) in [5.41, 5.74) is 0.589. The Morgan fingerprint density at radius 2 is 1.70 bits per heavy atom. The molecule has 0 heterocycles. The fraction of sp³-hybridized carbons (Fsp3) is 0.176. The summed E-state index contributed by atoms with van der Waals surface area (Å²) in [6.45, 7) is 1.35. The summed E-state index contributed by atoms with van der Waals surface area (Å²) in [4.78, 5) is 24.8. The number of hydrogen-bond donors (Lipinski definition) is 1. The van der Waals surface area contributed by atoms with E-state index in [2.05, 4.69) is 5.32 Å². The number of nitrogens with zero attached hydrogens (tertiary/aromatic N) is 1. The zero-order chi connectivity index (χ0) is 16.8. The fourth-order valence-corrected chi connectivity index (χ4v) is 2.09. The molecule has 0 spiro atoms. The van der Waals surface area contributed by atoms with Crippen LogP contribution in [0.1, 0.15) is 13.3 Å². The number of nitrogens with one attached hydrogen (secondary N) is 1. The van der Waals surface area contributed by atoms with Crippen LogP contribution in [0, 0.1) is 11.6 Å². The van der Waals surface area contributed by atoms with Crippen molar-refractivity contribution in [2.24, 2.45) is 0 Å². The van der Waals surface area contributed by atoms with Gasteiger partial charge in [-0.15, -0.1) is 0 Å². The number of carbonyl (C=O) groups excluding carboxylic acids is 2. The van der Waals surface area contributed by atoms with Crippen molar-refractivity contribution < 1.29 is 18.4 Å². The Kier molecular flexibility index (Phi) is 5.41. The molecule has 0 saturated carbocycles. The summed E-state index contributed by atoms with van der Waals surface area (Å²) in [6.07, 6.45) is -0.00864. The molecule has 2 aromatic carbocycles. The topological polar surface area (TPSA) is 49.4 Å². The Hall–Kier alpha value is -2.76. The van der Waals surface area contributed by atoms with Gasteiger partial charge in [0, 0.05) is 25.6 Å². The zero-order valence-electron chi connectivity index (χ0n) is 12.6. The first kappa shape index (κ1) is 16.6. The molecule has 0 aliphatic heterocycles. The molecule has 2 aromatic rings. The summed E-state index contributed by atoms with van der Waals surface area (Å²) in [6, 6.07) is 11.2. The molecule has 0 radical (unpaired) electrons. The maximum Gasteiger partial charge on any atom is 0.226 e. The van der Waals surface area contributed by atoms with Crippen molar-refractivity contribution in [2.45, 2.75) is 13.3 Å². The highest BCUT2D eigenvalue weighted by atomic mass is 19.1. The SMILES string of the molecule is CC(=O)N(CCC(=O)Nc1ccc(F)cc1)c1ccccc1F. The van der Waals surface area contributed by atoms with Crippen LogP contribution in [0.25, 0.3) is 0 Å². The van der Waals surface area contributed by atoms with Gasteiger partial charge in [-0.3, -0.25) is 9.59 Å². The van der Waals surface area contributed by atoms with Crippen molar-refractivity contribution in [3.05, 3.63) is 60.2 Å². The highest BCUT2D eigenvalue weighted by Crippen LogP contribution is 2.19. The number of para-hydroxylation sites is 1. The van der Waals surface area contributed by atoms with Crippen molar-refractivity contribution in [1.29, 1.82) is 0 Å². The smallest absolute Gasteiger partial charge is 0.226 e. The summed E-state index contributed by atoms with van der Waals surface area (Å²) >= 11 is 0. The van der Waals surface area contributed by atoms with E-state index in [1.54, 1.807) is 6.07 Å². The Morgan fingerprint density at radius 3 is 2.30 bits per heavy atom. The molecule has 0 aliphatic rings. The molecule has 2 amide bonds. The van der Waals surface area contributed by atoms with Crippen molar-refractivity contribution in [1.82, 2.24) is 0 Å². The van der Waals surface area contributed by atoms with Gasteiger partial charge < -0.3 is 10.2 Å². The van der Waals surface area contributed by atoms with Crippen LogP contribution in [0.4, 0.5) is 20.2 Å². The van der Waals surface area contributed by atoms with Crippen molar-refractivity contribution in [3.63, 3.8) is 0 Å². The predicted octanol–water partition coefficient (Wildman–Crippen LogP) is 3.35. The van der Waals surface area contributed by atoms with E-state index in [4.69, 9.17) is 0 Å². The van der Waals surface area contributed by atoms with Crippen LogP contribution in [0.2, 0.25) is 0 Å². The lowest BCUT2D eigenvalue weighted by Gasteiger charge is -2.21. The fourth-order valence-electron chi connectivity index (χ4n) is 2.09. The summed E-state index contributed by atoms with van der Waals surface area (Å²) in [7, 11) is 0. The van der Waals surface area contributed by atoms with Gasteiger partial charge in [-0.2, -0.15) is 0 Å². The number of rotatable bonds is 5. The Balaban J connectivity index is 1.99. The van der Waals surface area contributed by atoms with Crippen molar-refractivity contribution in [3.8, 4) is 0 Å². The van der Waals surface area contributed by atoms with Crippen LogP contribution in [-0.4, -0.2) is 18.4 Å². The third kappa shape index (κ3) is 4.60. The minimum absolute atomic E-state index is 0.00864. The van der Waals surface area contributed by atoms with Gasteiger partial charge >= 0.3 is 0 Å². The lowest BCUT2D eigenvalue weighted by molar-refractivity contribution is -0.117. The van der Waals surface area contributed by atoms with Crippen LogP contribution in [0.15, 0.2) is 48.5 Å².